The van der Waals surface area contributed by atoms with Crippen LogP contribution in [0.15, 0.2) is 48.8 Å². The van der Waals surface area contributed by atoms with Crippen molar-refractivity contribution in [3.8, 4) is 0 Å². The molecule has 0 atom stereocenters. The second-order valence-electron chi connectivity index (χ2n) is 4.51. The molecule has 0 unspecified atom stereocenters. The summed E-state index contributed by atoms with van der Waals surface area (Å²) in [6.07, 6.45) is 1.64. The smallest absolute Gasteiger partial charge is 0.244 e. The van der Waals surface area contributed by atoms with Crippen LogP contribution in [0.4, 0.5) is 5.69 Å². The average Bonchev–Trinajstić information content (AvgIpc) is 2.87. The second-order valence-corrected chi connectivity index (χ2v) is 5.30. The van der Waals surface area contributed by atoms with Gasteiger partial charge in [-0.15, -0.1) is 0 Å². The highest BCUT2D eigenvalue weighted by Gasteiger charge is 2.10. The van der Waals surface area contributed by atoms with Gasteiger partial charge >= 0.3 is 0 Å². The number of aromatic nitrogens is 2. The number of hydrogen-bond acceptors (Lipinski definition) is 2. The van der Waals surface area contributed by atoms with E-state index in [-0.39, 0.29) is 12.5 Å². The van der Waals surface area contributed by atoms with Crippen LogP contribution in [0.2, 0.25) is 10.0 Å². The van der Waals surface area contributed by atoms with E-state index < -0.39 is 0 Å². The Balaban J connectivity index is 1.79. The molecule has 106 valence electrons. The molecule has 1 aromatic heterocycles. The van der Waals surface area contributed by atoms with E-state index in [0.29, 0.717) is 15.7 Å². The lowest BCUT2D eigenvalue weighted by Gasteiger charge is -2.09. The molecule has 0 saturated heterocycles. The van der Waals surface area contributed by atoms with Crippen LogP contribution in [0.1, 0.15) is 0 Å². The van der Waals surface area contributed by atoms with E-state index in [9.17, 15) is 4.79 Å². The Morgan fingerprint density at radius 1 is 1.14 bits per heavy atom. The van der Waals surface area contributed by atoms with E-state index in [4.69, 9.17) is 23.2 Å². The molecule has 0 saturated carbocycles. The molecule has 1 amide bonds. The molecule has 0 radical (unpaired) electrons. The standard InChI is InChI=1S/C15H11Cl2N3O/c16-10-4-3-6-12(15(10)17)19-14(21)8-20-9-18-11-5-1-2-7-13(11)20/h1-7,9H,8H2,(H,19,21). The first-order chi connectivity index (χ1) is 10.1. The number of amides is 1. The van der Waals surface area contributed by atoms with Crippen molar-refractivity contribution in [1.29, 1.82) is 0 Å². The molecular formula is C15H11Cl2N3O. The minimum Gasteiger partial charge on any atom is -0.323 e. The third-order valence-electron chi connectivity index (χ3n) is 3.07. The summed E-state index contributed by atoms with van der Waals surface area (Å²) < 4.78 is 1.78. The minimum absolute atomic E-state index is 0.156. The molecule has 0 aliphatic carbocycles. The van der Waals surface area contributed by atoms with Gasteiger partial charge in [0.2, 0.25) is 5.91 Å². The fourth-order valence-electron chi connectivity index (χ4n) is 2.08. The summed E-state index contributed by atoms with van der Waals surface area (Å²) in [6.45, 7) is 0.156. The number of carbonyl (C=O) groups excluding carboxylic acids is 1. The average molecular weight is 320 g/mol. The van der Waals surface area contributed by atoms with Gasteiger partial charge in [0.1, 0.15) is 6.54 Å². The van der Waals surface area contributed by atoms with Crippen molar-refractivity contribution in [2.24, 2.45) is 0 Å². The zero-order chi connectivity index (χ0) is 14.8. The topological polar surface area (TPSA) is 46.9 Å². The summed E-state index contributed by atoms with van der Waals surface area (Å²) in [7, 11) is 0. The van der Waals surface area contributed by atoms with Gasteiger partial charge in [-0.2, -0.15) is 0 Å². The largest absolute Gasteiger partial charge is 0.323 e. The predicted octanol–water partition coefficient (Wildman–Crippen LogP) is 3.98. The van der Waals surface area contributed by atoms with E-state index in [1.54, 1.807) is 29.1 Å². The number of anilines is 1. The van der Waals surface area contributed by atoms with Crippen molar-refractivity contribution in [2.45, 2.75) is 6.54 Å². The van der Waals surface area contributed by atoms with Gasteiger partial charge in [0.15, 0.2) is 0 Å². The Morgan fingerprint density at radius 3 is 2.81 bits per heavy atom. The number of nitrogens with one attached hydrogen (secondary N) is 1. The van der Waals surface area contributed by atoms with Gasteiger partial charge in [0.05, 0.1) is 33.1 Å². The van der Waals surface area contributed by atoms with E-state index in [1.807, 2.05) is 24.3 Å². The minimum atomic E-state index is -0.192. The van der Waals surface area contributed by atoms with Crippen LogP contribution in [0.3, 0.4) is 0 Å². The van der Waals surface area contributed by atoms with E-state index in [2.05, 4.69) is 10.3 Å². The third-order valence-corrected chi connectivity index (χ3v) is 3.89. The fraction of sp³-hybridized carbons (Fsp3) is 0.0667. The first kappa shape index (κ1) is 13.9. The van der Waals surface area contributed by atoms with Gasteiger partial charge in [-0.1, -0.05) is 41.4 Å². The molecule has 21 heavy (non-hydrogen) atoms. The molecule has 3 aromatic rings. The highest BCUT2D eigenvalue weighted by molar-refractivity contribution is 6.43. The third kappa shape index (κ3) is 2.86. The second kappa shape index (κ2) is 5.76. The Labute approximate surface area is 131 Å². The number of halogens is 2. The molecule has 0 fully saturated rings. The number of fused-ring (bicyclic) bond motifs is 1. The molecule has 1 N–H and O–H groups in total. The summed E-state index contributed by atoms with van der Waals surface area (Å²) in [5.74, 6) is -0.192. The van der Waals surface area contributed by atoms with Crippen molar-refractivity contribution < 1.29 is 4.79 Å². The van der Waals surface area contributed by atoms with Gasteiger partial charge in [0, 0.05) is 0 Å². The van der Waals surface area contributed by atoms with Crippen molar-refractivity contribution in [3.05, 3.63) is 58.8 Å². The number of hydrogen-bond donors (Lipinski definition) is 1. The molecule has 3 rings (SSSR count). The van der Waals surface area contributed by atoms with Crippen LogP contribution in [-0.4, -0.2) is 15.5 Å². The Morgan fingerprint density at radius 2 is 1.95 bits per heavy atom. The molecule has 6 heteroatoms. The summed E-state index contributed by atoms with van der Waals surface area (Å²) >= 11 is 12.0. The number of para-hydroxylation sites is 2. The van der Waals surface area contributed by atoms with Gasteiger partial charge < -0.3 is 9.88 Å². The number of nitrogens with zero attached hydrogens (tertiary/aromatic N) is 2. The van der Waals surface area contributed by atoms with Crippen LogP contribution < -0.4 is 5.32 Å². The van der Waals surface area contributed by atoms with Gasteiger partial charge in [-0.3, -0.25) is 4.79 Å². The quantitative estimate of drug-likeness (QED) is 0.793. The maximum Gasteiger partial charge on any atom is 0.244 e. The zero-order valence-corrected chi connectivity index (χ0v) is 12.4. The summed E-state index contributed by atoms with van der Waals surface area (Å²) in [4.78, 5) is 16.4. The monoisotopic (exact) mass is 319 g/mol. The number of imidazole rings is 1. The van der Waals surface area contributed by atoms with Crippen molar-refractivity contribution in [1.82, 2.24) is 9.55 Å². The van der Waals surface area contributed by atoms with Crippen molar-refractivity contribution in [3.63, 3.8) is 0 Å². The van der Waals surface area contributed by atoms with Gasteiger partial charge in [-0.05, 0) is 24.3 Å². The lowest BCUT2D eigenvalue weighted by atomic mass is 10.3. The van der Waals surface area contributed by atoms with Gasteiger partial charge in [0.25, 0.3) is 0 Å². The van der Waals surface area contributed by atoms with Crippen molar-refractivity contribution >= 4 is 45.8 Å². The Bertz CT molecular complexity index is 814. The number of carbonyl (C=O) groups is 1. The number of rotatable bonds is 3. The normalized spacial score (nSPS) is 10.8. The SMILES string of the molecule is O=C(Cn1cnc2ccccc21)Nc1cccc(Cl)c1Cl. The maximum atomic E-state index is 12.1. The van der Waals surface area contributed by atoms with Crippen molar-refractivity contribution in [2.75, 3.05) is 5.32 Å². The first-order valence-electron chi connectivity index (χ1n) is 6.29. The molecule has 0 aliphatic heterocycles. The lowest BCUT2D eigenvalue weighted by Crippen LogP contribution is -2.18. The summed E-state index contributed by atoms with van der Waals surface area (Å²) in [5, 5.41) is 3.49. The Hall–Kier alpha value is -2.04. The van der Waals surface area contributed by atoms with Crippen LogP contribution in [0.5, 0.6) is 0 Å². The zero-order valence-electron chi connectivity index (χ0n) is 10.9. The first-order valence-corrected chi connectivity index (χ1v) is 7.04. The summed E-state index contributed by atoms with van der Waals surface area (Å²) in [5.41, 5.74) is 2.26. The van der Waals surface area contributed by atoms with E-state index in [0.717, 1.165) is 11.0 Å². The highest BCUT2D eigenvalue weighted by atomic mass is 35.5. The molecule has 0 bridgehead atoms. The molecule has 1 heterocycles. The molecule has 4 nitrogen and oxygen atoms in total. The predicted molar refractivity (Wildman–Crippen MR) is 84.8 cm³/mol. The van der Waals surface area contributed by atoms with Crippen LogP contribution in [0.25, 0.3) is 11.0 Å². The molecule has 0 aliphatic rings. The Kier molecular flexibility index (Phi) is 3.82. The van der Waals surface area contributed by atoms with E-state index >= 15 is 0 Å². The van der Waals surface area contributed by atoms with Crippen LogP contribution >= 0.6 is 23.2 Å². The molecular weight excluding hydrogens is 309 g/mol. The van der Waals surface area contributed by atoms with E-state index in [1.165, 1.54) is 0 Å². The van der Waals surface area contributed by atoms with Crippen LogP contribution in [0, 0.1) is 0 Å². The van der Waals surface area contributed by atoms with Gasteiger partial charge in [-0.25, -0.2) is 4.98 Å². The lowest BCUT2D eigenvalue weighted by molar-refractivity contribution is -0.116. The number of benzene rings is 2. The maximum absolute atomic E-state index is 12.1. The summed E-state index contributed by atoms with van der Waals surface area (Å²) in [6, 6.07) is 12.7. The fourth-order valence-corrected chi connectivity index (χ4v) is 2.43. The molecule has 0 spiro atoms. The molecule has 2 aromatic carbocycles. The highest BCUT2D eigenvalue weighted by Crippen LogP contribution is 2.29. The van der Waals surface area contributed by atoms with Crippen LogP contribution in [-0.2, 0) is 11.3 Å².